The molecule has 0 fully saturated rings. The summed E-state index contributed by atoms with van der Waals surface area (Å²) in [5.41, 5.74) is 6.35. The summed E-state index contributed by atoms with van der Waals surface area (Å²) in [5.74, 6) is -1.55. The second kappa shape index (κ2) is 7.49. The van der Waals surface area contributed by atoms with E-state index >= 15 is 0 Å². The van der Waals surface area contributed by atoms with Gasteiger partial charge in [-0.25, -0.2) is 4.79 Å². The van der Waals surface area contributed by atoms with Crippen LogP contribution in [0.1, 0.15) is 19.4 Å². The molecule has 1 aromatic rings. The Balaban J connectivity index is 2.58. The van der Waals surface area contributed by atoms with Gasteiger partial charge < -0.3 is 26.0 Å². The van der Waals surface area contributed by atoms with Crippen molar-refractivity contribution in [1.29, 1.82) is 0 Å². The fraction of sp³-hybridized carbons (Fsp3) is 0.429. The normalized spacial score (nSPS) is 13.3. The van der Waals surface area contributed by atoms with Gasteiger partial charge in [-0.15, -0.1) is 0 Å². The van der Waals surface area contributed by atoms with Crippen molar-refractivity contribution in [3.8, 4) is 11.5 Å². The molecule has 1 amide bonds. The van der Waals surface area contributed by atoms with Gasteiger partial charge in [0, 0.05) is 0 Å². The van der Waals surface area contributed by atoms with E-state index in [1.807, 2.05) is 0 Å². The lowest BCUT2D eigenvalue weighted by atomic mass is 10.1. The average Bonchev–Trinajstić information content (AvgIpc) is 2.43. The molecule has 0 heterocycles. The summed E-state index contributed by atoms with van der Waals surface area (Å²) in [6.45, 7) is 3.42. The molecule has 0 aliphatic carbocycles. The molecule has 0 radical (unpaired) electrons. The van der Waals surface area contributed by atoms with Crippen LogP contribution in [0.5, 0.6) is 11.5 Å². The molecule has 0 spiro atoms. The molecule has 116 valence electrons. The number of hydrogen-bond donors (Lipinski definition) is 4. The maximum Gasteiger partial charge on any atom is 0.328 e. The van der Waals surface area contributed by atoms with Crippen molar-refractivity contribution in [2.24, 2.45) is 5.73 Å². The summed E-state index contributed by atoms with van der Waals surface area (Å²) < 4.78 is 4.78. The fourth-order valence-electron chi connectivity index (χ4n) is 1.69. The zero-order chi connectivity index (χ0) is 16.0. The Hall–Kier alpha value is -2.28. The Kier molecular flexibility index (Phi) is 5.98. The number of nitrogens with two attached hydrogens (primary N) is 1. The number of esters is 1. The molecule has 0 bridgehead atoms. The number of phenols is 2. The maximum atomic E-state index is 11.9. The number of nitrogens with one attached hydrogen (secondary N) is 1. The van der Waals surface area contributed by atoms with Gasteiger partial charge in [0.15, 0.2) is 11.5 Å². The molecule has 0 aliphatic rings. The van der Waals surface area contributed by atoms with Gasteiger partial charge in [-0.05, 0) is 38.0 Å². The molecular weight excluding hydrogens is 276 g/mol. The number of ether oxygens (including phenoxy) is 1. The molecule has 5 N–H and O–H groups in total. The van der Waals surface area contributed by atoms with Crippen LogP contribution in [0.4, 0.5) is 0 Å². The van der Waals surface area contributed by atoms with Crippen molar-refractivity contribution in [3.63, 3.8) is 0 Å². The van der Waals surface area contributed by atoms with E-state index in [9.17, 15) is 19.8 Å². The first-order chi connectivity index (χ1) is 9.85. The summed E-state index contributed by atoms with van der Waals surface area (Å²) in [5, 5.41) is 21.0. The van der Waals surface area contributed by atoms with Crippen molar-refractivity contribution in [2.45, 2.75) is 32.4 Å². The summed E-state index contributed by atoms with van der Waals surface area (Å²) in [6, 6.07) is 2.53. The Morgan fingerprint density at radius 3 is 2.57 bits per heavy atom. The molecule has 0 saturated carbocycles. The van der Waals surface area contributed by atoms with E-state index in [1.165, 1.54) is 19.1 Å². The zero-order valence-corrected chi connectivity index (χ0v) is 12.0. The van der Waals surface area contributed by atoms with Crippen LogP contribution in [0, 0.1) is 0 Å². The highest BCUT2D eigenvalue weighted by molar-refractivity contribution is 5.87. The van der Waals surface area contributed by atoms with E-state index in [4.69, 9.17) is 10.5 Å². The van der Waals surface area contributed by atoms with E-state index in [2.05, 4.69) is 5.32 Å². The van der Waals surface area contributed by atoms with Gasteiger partial charge in [-0.2, -0.15) is 0 Å². The average molecular weight is 296 g/mol. The van der Waals surface area contributed by atoms with Gasteiger partial charge in [-0.3, -0.25) is 4.79 Å². The van der Waals surface area contributed by atoms with Crippen LogP contribution < -0.4 is 11.1 Å². The number of benzene rings is 1. The second-order valence-electron chi connectivity index (χ2n) is 4.62. The number of aromatic hydroxyl groups is 2. The van der Waals surface area contributed by atoms with Gasteiger partial charge in [0.2, 0.25) is 5.91 Å². The van der Waals surface area contributed by atoms with Crippen molar-refractivity contribution in [1.82, 2.24) is 5.32 Å². The zero-order valence-electron chi connectivity index (χ0n) is 12.0. The molecule has 1 unspecified atom stereocenters. The number of amides is 1. The number of rotatable bonds is 6. The van der Waals surface area contributed by atoms with Crippen molar-refractivity contribution < 1.29 is 24.5 Å². The quantitative estimate of drug-likeness (QED) is 0.434. The summed E-state index contributed by atoms with van der Waals surface area (Å²) in [7, 11) is 0. The van der Waals surface area contributed by atoms with Gasteiger partial charge in [0.1, 0.15) is 6.04 Å². The number of phenolic OH excluding ortho intramolecular Hbond substituents is 2. The van der Waals surface area contributed by atoms with Crippen LogP contribution in [0.2, 0.25) is 0 Å². The fourth-order valence-corrected chi connectivity index (χ4v) is 1.69. The lowest BCUT2D eigenvalue weighted by Crippen LogP contribution is -2.48. The van der Waals surface area contributed by atoms with E-state index < -0.39 is 24.0 Å². The van der Waals surface area contributed by atoms with E-state index in [-0.39, 0.29) is 24.5 Å². The topological polar surface area (TPSA) is 122 Å². The predicted octanol–water partition coefficient (Wildman–Crippen LogP) is 0.0354. The second-order valence-corrected chi connectivity index (χ2v) is 4.62. The molecule has 21 heavy (non-hydrogen) atoms. The van der Waals surface area contributed by atoms with Crippen LogP contribution in [0.15, 0.2) is 18.2 Å². The molecular formula is C14H20N2O5. The number of carbonyl (C=O) groups is 2. The predicted molar refractivity (Wildman–Crippen MR) is 75.7 cm³/mol. The molecule has 1 rings (SSSR count). The van der Waals surface area contributed by atoms with Gasteiger partial charge in [-0.1, -0.05) is 6.07 Å². The molecule has 2 atom stereocenters. The molecule has 0 aromatic heterocycles. The largest absolute Gasteiger partial charge is 0.504 e. The molecule has 7 nitrogen and oxygen atoms in total. The highest BCUT2D eigenvalue weighted by atomic mass is 16.5. The number of hydrogen-bond acceptors (Lipinski definition) is 6. The first-order valence-electron chi connectivity index (χ1n) is 6.58. The van der Waals surface area contributed by atoms with Gasteiger partial charge in [0.25, 0.3) is 0 Å². The molecule has 1 aromatic carbocycles. The first kappa shape index (κ1) is 16.8. The minimum Gasteiger partial charge on any atom is -0.504 e. The Labute approximate surface area is 122 Å². The minimum absolute atomic E-state index is 0.162. The number of carbonyl (C=O) groups excluding carboxylic acids is 2. The monoisotopic (exact) mass is 296 g/mol. The SMILES string of the molecule is CCOC(=O)C(C)NC(=O)[C@@H](N)Cc1ccc(O)c(O)c1. The van der Waals surface area contributed by atoms with Crippen molar-refractivity contribution in [3.05, 3.63) is 23.8 Å². The van der Waals surface area contributed by atoms with Crippen LogP contribution in [-0.2, 0) is 20.7 Å². The van der Waals surface area contributed by atoms with E-state index in [0.29, 0.717) is 5.56 Å². The summed E-state index contributed by atoms with van der Waals surface area (Å²) in [4.78, 5) is 23.3. The van der Waals surface area contributed by atoms with Crippen LogP contribution in [0.25, 0.3) is 0 Å². The Morgan fingerprint density at radius 1 is 1.33 bits per heavy atom. The lowest BCUT2D eigenvalue weighted by Gasteiger charge is -2.16. The third-order valence-electron chi connectivity index (χ3n) is 2.83. The highest BCUT2D eigenvalue weighted by Gasteiger charge is 2.21. The smallest absolute Gasteiger partial charge is 0.328 e. The Bertz CT molecular complexity index is 518. The van der Waals surface area contributed by atoms with Gasteiger partial charge in [0.05, 0.1) is 12.6 Å². The lowest BCUT2D eigenvalue weighted by molar-refractivity contribution is -0.147. The van der Waals surface area contributed by atoms with E-state index in [1.54, 1.807) is 13.0 Å². The third kappa shape index (κ3) is 4.96. The van der Waals surface area contributed by atoms with Crippen molar-refractivity contribution in [2.75, 3.05) is 6.61 Å². The minimum atomic E-state index is -0.884. The Morgan fingerprint density at radius 2 is 2.00 bits per heavy atom. The summed E-state index contributed by atoms with van der Waals surface area (Å²) in [6.07, 6.45) is 0.162. The maximum absolute atomic E-state index is 11.9. The molecule has 0 saturated heterocycles. The summed E-state index contributed by atoms with van der Waals surface area (Å²) >= 11 is 0. The molecule has 0 aliphatic heterocycles. The third-order valence-corrected chi connectivity index (χ3v) is 2.83. The standard InChI is InChI=1S/C14H20N2O5/c1-3-21-14(20)8(2)16-13(19)10(15)6-9-4-5-11(17)12(18)7-9/h4-5,7-8,10,17-18H,3,6,15H2,1-2H3,(H,16,19)/t8?,10-/m0/s1. The van der Waals surface area contributed by atoms with Crippen LogP contribution in [0.3, 0.4) is 0 Å². The first-order valence-corrected chi connectivity index (χ1v) is 6.58. The highest BCUT2D eigenvalue weighted by Crippen LogP contribution is 2.25. The van der Waals surface area contributed by atoms with Crippen LogP contribution >= 0.6 is 0 Å². The van der Waals surface area contributed by atoms with Crippen molar-refractivity contribution >= 4 is 11.9 Å². The van der Waals surface area contributed by atoms with E-state index in [0.717, 1.165) is 0 Å². The van der Waals surface area contributed by atoms with Crippen LogP contribution in [-0.4, -0.2) is 40.8 Å². The molecule has 7 heteroatoms. The van der Waals surface area contributed by atoms with Gasteiger partial charge >= 0.3 is 5.97 Å².